The Hall–Kier alpha value is -2.72. The topological polar surface area (TPSA) is 122 Å². The molecule has 8 nitrogen and oxygen atoms in total. The van der Waals surface area contributed by atoms with Crippen LogP contribution in [-0.4, -0.2) is 17.8 Å². The summed E-state index contributed by atoms with van der Waals surface area (Å²) in [7, 11) is 0. The van der Waals surface area contributed by atoms with Gasteiger partial charge in [0.25, 0.3) is 5.91 Å². The summed E-state index contributed by atoms with van der Waals surface area (Å²) in [4.78, 5) is 25.6. The van der Waals surface area contributed by atoms with Gasteiger partial charge in [-0.1, -0.05) is 17.7 Å². The summed E-state index contributed by atoms with van der Waals surface area (Å²) in [6.45, 7) is 0. The predicted octanol–water partition coefficient (Wildman–Crippen LogP) is 1.85. The summed E-state index contributed by atoms with van der Waals surface area (Å²) < 4.78 is 5.22. The first-order chi connectivity index (χ1) is 13.5. The lowest BCUT2D eigenvalue weighted by Gasteiger charge is -2.08. The SMILES string of the molecule is N/C(=N\NC(=O)C1CC(c2cccs2)NN1)c1cc2cc(Cl)ccc2oc1=O. The normalized spacial score (nSPS) is 19.8. The molecule has 1 aliphatic rings. The minimum atomic E-state index is -0.649. The molecule has 5 N–H and O–H groups in total. The van der Waals surface area contributed by atoms with E-state index in [0.29, 0.717) is 22.4 Å². The second kappa shape index (κ2) is 7.72. The van der Waals surface area contributed by atoms with Crippen LogP contribution in [0.2, 0.25) is 5.02 Å². The third-order valence-electron chi connectivity index (χ3n) is 4.36. The highest BCUT2D eigenvalue weighted by atomic mass is 35.5. The van der Waals surface area contributed by atoms with Crippen LogP contribution in [0.5, 0.6) is 0 Å². The molecule has 0 saturated carbocycles. The summed E-state index contributed by atoms with van der Waals surface area (Å²) in [6, 6.07) is 9.93. The quantitative estimate of drug-likeness (QED) is 0.222. The van der Waals surface area contributed by atoms with Gasteiger partial charge in [0.1, 0.15) is 17.2 Å². The summed E-state index contributed by atoms with van der Waals surface area (Å²) >= 11 is 7.58. The van der Waals surface area contributed by atoms with Crippen LogP contribution in [0, 0.1) is 0 Å². The van der Waals surface area contributed by atoms with E-state index in [1.54, 1.807) is 29.5 Å². The van der Waals surface area contributed by atoms with E-state index in [1.807, 2.05) is 17.5 Å². The van der Waals surface area contributed by atoms with Gasteiger partial charge in [-0.25, -0.2) is 21.1 Å². The first-order valence-corrected chi connectivity index (χ1v) is 9.68. The van der Waals surface area contributed by atoms with E-state index < -0.39 is 11.7 Å². The third kappa shape index (κ3) is 3.78. The molecule has 10 heteroatoms. The Morgan fingerprint density at radius 3 is 2.96 bits per heavy atom. The molecule has 144 valence electrons. The Labute approximate surface area is 168 Å². The average Bonchev–Trinajstić information content (AvgIpc) is 3.37. The number of halogens is 1. The van der Waals surface area contributed by atoms with Crippen LogP contribution in [0.15, 0.2) is 56.1 Å². The minimum Gasteiger partial charge on any atom is -0.422 e. The van der Waals surface area contributed by atoms with E-state index in [-0.39, 0.29) is 23.3 Å². The van der Waals surface area contributed by atoms with E-state index in [1.165, 1.54) is 6.07 Å². The zero-order chi connectivity index (χ0) is 19.7. The largest absolute Gasteiger partial charge is 0.422 e. The van der Waals surface area contributed by atoms with Crippen LogP contribution in [0.4, 0.5) is 0 Å². The van der Waals surface area contributed by atoms with Crippen LogP contribution in [0.1, 0.15) is 22.9 Å². The number of fused-ring (bicyclic) bond motifs is 1. The van der Waals surface area contributed by atoms with Crippen molar-refractivity contribution < 1.29 is 9.21 Å². The third-order valence-corrected chi connectivity index (χ3v) is 5.58. The molecule has 0 spiro atoms. The number of nitrogens with one attached hydrogen (secondary N) is 3. The summed E-state index contributed by atoms with van der Waals surface area (Å²) in [6.07, 6.45) is 0.568. The molecule has 2 unspecified atom stereocenters. The molecule has 0 radical (unpaired) electrons. The molecule has 1 aromatic carbocycles. The van der Waals surface area contributed by atoms with E-state index in [4.69, 9.17) is 21.8 Å². The van der Waals surface area contributed by atoms with Gasteiger partial charge in [-0.2, -0.15) is 5.10 Å². The number of hydrazone groups is 1. The van der Waals surface area contributed by atoms with Gasteiger partial charge < -0.3 is 10.2 Å². The first kappa shape index (κ1) is 18.6. The second-order valence-electron chi connectivity index (χ2n) is 6.25. The maximum Gasteiger partial charge on any atom is 0.347 e. The Morgan fingerprint density at radius 1 is 1.32 bits per heavy atom. The molecule has 1 fully saturated rings. The van der Waals surface area contributed by atoms with Gasteiger partial charge in [-0.05, 0) is 42.1 Å². The van der Waals surface area contributed by atoms with Crippen molar-refractivity contribution in [2.45, 2.75) is 18.5 Å². The number of rotatable bonds is 4. The van der Waals surface area contributed by atoms with Crippen molar-refractivity contribution in [1.82, 2.24) is 16.3 Å². The lowest BCUT2D eigenvalue weighted by Crippen LogP contribution is -2.42. The standard InChI is InChI=1S/C18H16ClN5O3S/c19-10-3-4-14-9(6-10)7-11(18(26)27-14)16(20)23-24-17(25)13-8-12(21-22-13)15-2-1-5-28-15/h1-7,12-13,21-22H,8H2,(H2,20,23)(H,24,25). The molecular formula is C18H16ClN5O3S. The second-order valence-corrected chi connectivity index (χ2v) is 7.66. The average molecular weight is 418 g/mol. The molecule has 28 heavy (non-hydrogen) atoms. The monoisotopic (exact) mass is 417 g/mol. The molecule has 2 aromatic heterocycles. The summed E-state index contributed by atoms with van der Waals surface area (Å²) in [5.41, 5.74) is 14.1. The van der Waals surface area contributed by atoms with Crippen LogP contribution in [0.3, 0.4) is 0 Å². The molecule has 0 bridgehead atoms. The predicted molar refractivity (Wildman–Crippen MR) is 108 cm³/mol. The van der Waals surface area contributed by atoms with Crippen molar-refractivity contribution in [2.24, 2.45) is 10.8 Å². The number of hydrogen-bond donors (Lipinski definition) is 4. The number of carbonyl (C=O) groups excluding carboxylic acids is 1. The number of amides is 1. The number of nitrogens with zero attached hydrogens (tertiary/aromatic N) is 1. The van der Waals surface area contributed by atoms with Gasteiger partial charge in [0.05, 0.1) is 6.04 Å². The van der Waals surface area contributed by atoms with E-state index in [2.05, 4.69) is 21.4 Å². The van der Waals surface area contributed by atoms with E-state index >= 15 is 0 Å². The maximum absolute atomic E-state index is 12.3. The zero-order valence-corrected chi connectivity index (χ0v) is 16.0. The van der Waals surface area contributed by atoms with Crippen molar-refractivity contribution in [2.75, 3.05) is 0 Å². The fraction of sp³-hybridized carbons (Fsp3) is 0.167. The van der Waals surface area contributed by atoms with Gasteiger partial charge in [0.2, 0.25) is 0 Å². The first-order valence-electron chi connectivity index (χ1n) is 8.42. The van der Waals surface area contributed by atoms with Crippen molar-refractivity contribution in [1.29, 1.82) is 0 Å². The number of benzene rings is 1. The molecule has 4 rings (SSSR count). The van der Waals surface area contributed by atoms with Crippen molar-refractivity contribution in [3.63, 3.8) is 0 Å². The minimum absolute atomic E-state index is 0.0454. The van der Waals surface area contributed by atoms with Crippen LogP contribution in [0.25, 0.3) is 11.0 Å². The van der Waals surface area contributed by atoms with Crippen LogP contribution in [-0.2, 0) is 4.79 Å². The van der Waals surface area contributed by atoms with Gasteiger partial charge >= 0.3 is 5.63 Å². The van der Waals surface area contributed by atoms with E-state index in [0.717, 1.165) is 4.88 Å². The highest BCUT2D eigenvalue weighted by Crippen LogP contribution is 2.26. The molecular weight excluding hydrogens is 402 g/mol. The van der Waals surface area contributed by atoms with Gasteiger partial charge in [-0.3, -0.25) is 4.79 Å². The maximum atomic E-state index is 12.3. The number of thiophene rings is 1. The summed E-state index contributed by atoms with van der Waals surface area (Å²) in [5.74, 6) is -0.507. The molecule has 1 amide bonds. The van der Waals surface area contributed by atoms with Gasteiger partial charge in [-0.15, -0.1) is 11.3 Å². The number of nitrogens with two attached hydrogens (primary N) is 1. The molecule has 3 heterocycles. The molecule has 0 aliphatic carbocycles. The molecule has 1 aliphatic heterocycles. The fourth-order valence-corrected chi connectivity index (χ4v) is 3.90. The Balaban J connectivity index is 1.47. The lowest BCUT2D eigenvalue weighted by atomic mass is 10.1. The highest BCUT2D eigenvalue weighted by Gasteiger charge is 2.30. The smallest absolute Gasteiger partial charge is 0.347 e. The van der Waals surface area contributed by atoms with Gasteiger partial charge in [0, 0.05) is 15.3 Å². The molecule has 1 saturated heterocycles. The number of carbonyl (C=O) groups is 1. The lowest BCUT2D eigenvalue weighted by molar-refractivity contribution is -0.122. The van der Waals surface area contributed by atoms with Crippen LogP contribution < -0.4 is 27.6 Å². The highest BCUT2D eigenvalue weighted by molar-refractivity contribution is 7.10. The Morgan fingerprint density at radius 2 is 2.18 bits per heavy atom. The number of hydrogen-bond acceptors (Lipinski definition) is 7. The summed E-state index contributed by atoms with van der Waals surface area (Å²) in [5, 5.41) is 6.94. The van der Waals surface area contributed by atoms with Crippen LogP contribution >= 0.6 is 22.9 Å². The Bertz CT molecular complexity index is 1110. The molecule has 2 atom stereocenters. The van der Waals surface area contributed by atoms with Crippen molar-refractivity contribution in [3.05, 3.63) is 67.7 Å². The number of amidine groups is 1. The molecule has 3 aromatic rings. The number of hydrazine groups is 1. The fourth-order valence-electron chi connectivity index (χ4n) is 2.93. The Kier molecular flexibility index (Phi) is 5.14. The van der Waals surface area contributed by atoms with E-state index in [9.17, 15) is 9.59 Å². The van der Waals surface area contributed by atoms with Gasteiger partial charge in [0.15, 0.2) is 5.84 Å². The van der Waals surface area contributed by atoms with Crippen molar-refractivity contribution in [3.8, 4) is 0 Å². The zero-order valence-electron chi connectivity index (χ0n) is 14.4. The van der Waals surface area contributed by atoms with Crippen molar-refractivity contribution >= 4 is 45.6 Å².